The minimum absolute atomic E-state index is 0.252. The summed E-state index contributed by atoms with van der Waals surface area (Å²) in [5, 5.41) is 3.87. The predicted octanol–water partition coefficient (Wildman–Crippen LogP) is 1.29. The van der Waals surface area contributed by atoms with Crippen LogP contribution in [0.4, 0.5) is 0 Å². The summed E-state index contributed by atoms with van der Waals surface area (Å²) in [6, 6.07) is 1.39. The van der Waals surface area contributed by atoms with Gasteiger partial charge in [0.05, 0.1) is 13.2 Å². The van der Waals surface area contributed by atoms with Gasteiger partial charge in [0.15, 0.2) is 0 Å². The molecule has 0 aliphatic rings. The summed E-state index contributed by atoms with van der Waals surface area (Å²) in [5.41, 5.74) is 6.50. The Labute approximate surface area is 115 Å². The van der Waals surface area contributed by atoms with Crippen LogP contribution in [-0.4, -0.2) is 39.2 Å². The van der Waals surface area contributed by atoms with Crippen molar-refractivity contribution in [3.8, 4) is 17.4 Å². The maximum atomic E-state index is 5.96. The zero-order valence-corrected chi connectivity index (χ0v) is 11.6. The van der Waals surface area contributed by atoms with Gasteiger partial charge in [-0.3, -0.25) is 0 Å². The Kier molecular flexibility index (Phi) is 4.69. The Morgan fingerprint density at radius 1 is 1.47 bits per heavy atom. The number of hydrogen-bond donors (Lipinski definition) is 1. The number of nitrogens with two attached hydrogens (primary N) is 1. The molecule has 0 aliphatic carbocycles. The lowest BCUT2D eigenvalue weighted by Crippen LogP contribution is -2.11. The van der Waals surface area contributed by atoms with E-state index in [-0.39, 0.29) is 6.04 Å². The minimum atomic E-state index is -0.252. The van der Waals surface area contributed by atoms with Crippen LogP contribution in [0.25, 0.3) is 11.5 Å². The molecule has 2 aromatic rings. The third-order valence-electron chi connectivity index (χ3n) is 2.47. The number of methoxy groups -OCH3 is 1. The van der Waals surface area contributed by atoms with Crippen LogP contribution in [-0.2, 0) is 0 Å². The molecule has 0 aromatic carbocycles. The first-order valence-electron chi connectivity index (χ1n) is 5.69. The van der Waals surface area contributed by atoms with Crippen LogP contribution in [0, 0.1) is 0 Å². The van der Waals surface area contributed by atoms with Crippen molar-refractivity contribution in [1.82, 2.24) is 20.1 Å². The molecule has 0 amide bonds. The zero-order valence-electron chi connectivity index (χ0n) is 10.7. The van der Waals surface area contributed by atoms with Crippen LogP contribution < -0.4 is 10.5 Å². The second-order valence-corrected chi connectivity index (χ2v) is 4.78. The van der Waals surface area contributed by atoms with Crippen molar-refractivity contribution in [2.75, 3.05) is 19.1 Å². The van der Waals surface area contributed by atoms with Gasteiger partial charge in [-0.15, -0.1) is 0 Å². The molecule has 102 valence electrons. The van der Waals surface area contributed by atoms with E-state index in [0.717, 1.165) is 12.2 Å². The molecule has 0 unspecified atom stereocenters. The number of hydrogen-bond acceptors (Lipinski definition) is 8. The van der Waals surface area contributed by atoms with Crippen molar-refractivity contribution >= 4 is 11.8 Å². The molecule has 0 radical (unpaired) electrons. The molecule has 1 atom stereocenters. The summed E-state index contributed by atoms with van der Waals surface area (Å²) in [6.45, 7) is 0. The van der Waals surface area contributed by atoms with Gasteiger partial charge in [0, 0.05) is 6.07 Å². The highest BCUT2D eigenvalue weighted by atomic mass is 32.2. The molecule has 0 fully saturated rings. The summed E-state index contributed by atoms with van der Waals surface area (Å²) in [5.74, 6) is 2.19. The van der Waals surface area contributed by atoms with Gasteiger partial charge in [0.1, 0.15) is 12.0 Å². The van der Waals surface area contributed by atoms with Crippen LogP contribution in [0.5, 0.6) is 5.88 Å². The van der Waals surface area contributed by atoms with Crippen molar-refractivity contribution < 1.29 is 9.26 Å². The topological polar surface area (TPSA) is 100.0 Å². The molecular weight excluding hydrogens is 266 g/mol. The number of aromatic nitrogens is 4. The molecule has 0 saturated carbocycles. The second-order valence-electron chi connectivity index (χ2n) is 3.79. The standard InChI is InChI=1S/C11H15N5O2S/c1-17-9-5-8(13-6-14-9)10-15-11(18-16-10)7(12)3-4-19-2/h5-7H,3-4,12H2,1-2H3/t7-/m0/s1. The minimum Gasteiger partial charge on any atom is -0.481 e. The molecule has 0 spiro atoms. The number of ether oxygens (including phenoxy) is 1. The summed E-state index contributed by atoms with van der Waals surface area (Å²) in [6.07, 6.45) is 4.20. The van der Waals surface area contributed by atoms with Gasteiger partial charge < -0.3 is 15.0 Å². The average Bonchev–Trinajstić information content (AvgIpc) is 2.94. The Bertz CT molecular complexity index is 533. The second kappa shape index (κ2) is 6.48. The third kappa shape index (κ3) is 3.42. The van der Waals surface area contributed by atoms with E-state index in [0.29, 0.717) is 23.3 Å². The summed E-state index contributed by atoms with van der Waals surface area (Å²) < 4.78 is 10.2. The molecule has 7 nitrogen and oxygen atoms in total. The molecule has 0 aliphatic heterocycles. The molecule has 2 aromatic heterocycles. The molecule has 2 N–H and O–H groups in total. The van der Waals surface area contributed by atoms with E-state index in [1.54, 1.807) is 17.8 Å². The summed E-state index contributed by atoms with van der Waals surface area (Å²) >= 11 is 1.73. The highest BCUT2D eigenvalue weighted by Gasteiger charge is 2.16. The van der Waals surface area contributed by atoms with Gasteiger partial charge >= 0.3 is 0 Å². The quantitative estimate of drug-likeness (QED) is 0.845. The monoisotopic (exact) mass is 281 g/mol. The van der Waals surface area contributed by atoms with Crippen molar-refractivity contribution in [2.24, 2.45) is 5.73 Å². The SMILES string of the molecule is COc1cc(-c2noc([C@@H](N)CCSC)n2)ncn1. The van der Waals surface area contributed by atoms with Crippen molar-refractivity contribution in [3.63, 3.8) is 0 Å². The van der Waals surface area contributed by atoms with Crippen molar-refractivity contribution in [3.05, 3.63) is 18.3 Å². The smallest absolute Gasteiger partial charge is 0.243 e. The van der Waals surface area contributed by atoms with Gasteiger partial charge in [-0.1, -0.05) is 5.16 Å². The van der Waals surface area contributed by atoms with Gasteiger partial charge in [0.25, 0.3) is 0 Å². The molecule has 0 saturated heterocycles. The van der Waals surface area contributed by atoms with E-state index >= 15 is 0 Å². The third-order valence-corrected chi connectivity index (χ3v) is 3.12. The Hall–Kier alpha value is -1.67. The number of nitrogens with zero attached hydrogens (tertiary/aromatic N) is 4. The first-order valence-corrected chi connectivity index (χ1v) is 7.08. The Balaban J connectivity index is 2.15. The number of thioether (sulfide) groups is 1. The summed E-state index contributed by atoms with van der Waals surface area (Å²) in [4.78, 5) is 12.2. The van der Waals surface area contributed by atoms with Gasteiger partial charge in [-0.25, -0.2) is 9.97 Å². The largest absolute Gasteiger partial charge is 0.481 e. The van der Waals surface area contributed by atoms with Crippen LogP contribution in [0.1, 0.15) is 18.4 Å². The van der Waals surface area contributed by atoms with E-state index < -0.39 is 0 Å². The summed E-state index contributed by atoms with van der Waals surface area (Å²) in [7, 11) is 1.53. The van der Waals surface area contributed by atoms with E-state index in [4.69, 9.17) is 15.0 Å². The van der Waals surface area contributed by atoms with Crippen molar-refractivity contribution in [2.45, 2.75) is 12.5 Å². The molecule has 0 bridgehead atoms. The molecular formula is C11H15N5O2S. The normalized spacial score (nSPS) is 12.4. The molecule has 2 rings (SSSR count). The molecule has 2 heterocycles. The Morgan fingerprint density at radius 3 is 3.05 bits per heavy atom. The van der Waals surface area contributed by atoms with Gasteiger partial charge in [-0.2, -0.15) is 16.7 Å². The maximum Gasteiger partial charge on any atom is 0.243 e. The van der Waals surface area contributed by atoms with Crippen LogP contribution in [0.3, 0.4) is 0 Å². The molecule has 19 heavy (non-hydrogen) atoms. The van der Waals surface area contributed by atoms with Crippen LogP contribution >= 0.6 is 11.8 Å². The lowest BCUT2D eigenvalue weighted by molar-refractivity contribution is 0.353. The van der Waals surface area contributed by atoms with E-state index in [1.807, 2.05) is 6.26 Å². The first-order chi connectivity index (χ1) is 9.24. The fourth-order valence-electron chi connectivity index (χ4n) is 1.43. The maximum absolute atomic E-state index is 5.96. The van der Waals surface area contributed by atoms with Gasteiger partial charge in [-0.05, 0) is 18.4 Å². The van der Waals surface area contributed by atoms with E-state index in [1.165, 1.54) is 13.4 Å². The highest BCUT2D eigenvalue weighted by molar-refractivity contribution is 7.98. The lowest BCUT2D eigenvalue weighted by atomic mass is 10.2. The molecule has 8 heteroatoms. The van der Waals surface area contributed by atoms with E-state index in [9.17, 15) is 0 Å². The van der Waals surface area contributed by atoms with Crippen molar-refractivity contribution in [1.29, 1.82) is 0 Å². The van der Waals surface area contributed by atoms with E-state index in [2.05, 4.69) is 20.1 Å². The highest BCUT2D eigenvalue weighted by Crippen LogP contribution is 2.20. The van der Waals surface area contributed by atoms with Gasteiger partial charge in [0.2, 0.25) is 17.6 Å². The van der Waals surface area contributed by atoms with Crippen LogP contribution in [0.15, 0.2) is 16.9 Å². The fraction of sp³-hybridized carbons (Fsp3) is 0.455. The number of rotatable bonds is 6. The Morgan fingerprint density at radius 2 is 2.32 bits per heavy atom. The zero-order chi connectivity index (χ0) is 13.7. The average molecular weight is 281 g/mol. The fourth-order valence-corrected chi connectivity index (χ4v) is 1.92. The first kappa shape index (κ1) is 13.8. The lowest BCUT2D eigenvalue weighted by Gasteiger charge is -2.03. The van der Waals surface area contributed by atoms with Crippen LogP contribution in [0.2, 0.25) is 0 Å². The predicted molar refractivity (Wildman–Crippen MR) is 71.8 cm³/mol.